The summed E-state index contributed by atoms with van der Waals surface area (Å²) in [6.45, 7) is 3.90. The van der Waals surface area contributed by atoms with Crippen LogP contribution >= 0.6 is 0 Å². The third-order valence-electron chi connectivity index (χ3n) is 3.54. The molecule has 4 heteroatoms. The van der Waals surface area contributed by atoms with Gasteiger partial charge in [-0.3, -0.25) is 4.79 Å². The molecule has 0 saturated carbocycles. The molecule has 21 heavy (non-hydrogen) atoms. The van der Waals surface area contributed by atoms with Gasteiger partial charge >= 0.3 is 0 Å². The van der Waals surface area contributed by atoms with Crippen LogP contribution in [-0.4, -0.2) is 5.78 Å². The molecular formula is C17H17F2NO. The maximum atomic E-state index is 13.9. The second kappa shape index (κ2) is 6.04. The zero-order valence-electron chi connectivity index (χ0n) is 12.0. The van der Waals surface area contributed by atoms with Gasteiger partial charge in [0.1, 0.15) is 11.6 Å². The van der Waals surface area contributed by atoms with Crippen LogP contribution in [0.4, 0.5) is 14.5 Å². The number of anilines is 1. The summed E-state index contributed by atoms with van der Waals surface area (Å²) in [4.78, 5) is 12.6. The van der Waals surface area contributed by atoms with Crippen molar-refractivity contribution in [3.05, 3.63) is 64.2 Å². The number of rotatable bonds is 4. The summed E-state index contributed by atoms with van der Waals surface area (Å²) in [5.41, 5.74) is 7.28. The minimum Gasteiger partial charge on any atom is -0.396 e. The molecule has 0 amide bonds. The predicted molar refractivity (Wildman–Crippen MR) is 79.4 cm³/mol. The maximum absolute atomic E-state index is 13.9. The second-order valence-electron chi connectivity index (χ2n) is 4.88. The molecule has 0 aromatic heterocycles. The molecular weight excluding hydrogens is 272 g/mol. The molecule has 0 radical (unpaired) electrons. The van der Waals surface area contributed by atoms with Gasteiger partial charge in [-0.2, -0.15) is 0 Å². The van der Waals surface area contributed by atoms with Gasteiger partial charge in [0.15, 0.2) is 5.78 Å². The van der Waals surface area contributed by atoms with E-state index in [4.69, 9.17) is 5.73 Å². The number of benzene rings is 2. The van der Waals surface area contributed by atoms with Gasteiger partial charge < -0.3 is 5.73 Å². The van der Waals surface area contributed by atoms with E-state index >= 15 is 0 Å². The second-order valence-corrected chi connectivity index (χ2v) is 4.88. The maximum Gasteiger partial charge on any atom is 0.196 e. The highest BCUT2D eigenvalue weighted by Gasteiger charge is 2.19. The normalized spacial score (nSPS) is 10.7. The van der Waals surface area contributed by atoms with Crippen molar-refractivity contribution in [2.45, 2.75) is 26.7 Å². The van der Waals surface area contributed by atoms with Crippen molar-refractivity contribution in [1.29, 1.82) is 0 Å². The standard InChI is InChI=1S/C17H17F2NO/c1-3-10-5-6-11(4-2)12(7-10)17(21)13-8-16(20)15(19)9-14(13)18/h5-9H,3-4,20H2,1-2H3. The lowest BCUT2D eigenvalue weighted by Gasteiger charge is -2.10. The number of nitrogens with two attached hydrogens (primary N) is 1. The SMILES string of the molecule is CCc1ccc(CC)c(C(=O)c2cc(N)c(F)cc2F)c1. The molecule has 2 rings (SSSR count). The van der Waals surface area contributed by atoms with E-state index in [9.17, 15) is 13.6 Å². The third kappa shape index (κ3) is 2.94. The van der Waals surface area contributed by atoms with Crippen LogP contribution < -0.4 is 5.73 Å². The lowest BCUT2D eigenvalue weighted by atomic mass is 9.94. The largest absolute Gasteiger partial charge is 0.396 e. The van der Waals surface area contributed by atoms with E-state index in [1.165, 1.54) is 0 Å². The topological polar surface area (TPSA) is 43.1 Å². The van der Waals surface area contributed by atoms with Gasteiger partial charge in [0, 0.05) is 11.6 Å². The van der Waals surface area contributed by atoms with E-state index in [0.717, 1.165) is 23.6 Å². The van der Waals surface area contributed by atoms with Crippen LogP contribution in [0.1, 0.15) is 40.9 Å². The number of ketones is 1. The Hall–Kier alpha value is -2.23. The van der Waals surface area contributed by atoms with Crippen molar-refractivity contribution in [2.24, 2.45) is 0 Å². The Bertz CT molecular complexity index is 695. The van der Waals surface area contributed by atoms with Gasteiger partial charge in [0.25, 0.3) is 0 Å². The minimum absolute atomic E-state index is 0.197. The van der Waals surface area contributed by atoms with Crippen molar-refractivity contribution in [1.82, 2.24) is 0 Å². The summed E-state index contributed by atoms with van der Waals surface area (Å²) in [7, 11) is 0. The summed E-state index contributed by atoms with van der Waals surface area (Å²) in [6, 6.07) is 7.30. The van der Waals surface area contributed by atoms with Gasteiger partial charge in [0.05, 0.1) is 11.3 Å². The van der Waals surface area contributed by atoms with Crippen LogP contribution in [-0.2, 0) is 12.8 Å². The van der Waals surface area contributed by atoms with Crippen LogP contribution in [0.3, 0.4) is 0 Å². The lowest BCUT2D eigenvalue weighted by molar-refractivity contribution is 0.103. The molecule has 0 unspecified atom stereocenters. The molecule has 2 aromatic rings. The highest BCUT2D eigenvalue weighted by Crippen LogP contribution is 2.23. The zero-order valence-corrected chi connectivity index (χ0v) is 12.0. The quantitative estimate of drug-likeness (QED) is 0.685. The van der Waals surface area contributed by atoms with Crippen molar-refractivity contribution in [3.8, 4) is 0 Å². The van der Waals surface area contributed by atoms with Gasteiger partial charge in [-0.1, -0.05) is 26.0 Å². The Morgan fingerprint density at radius 3 is 2.33 bits per heavy atom. The first-order valence-electron chi connectivity index (χ1n) is 6.88. The van der Waals surface area contributed by atoms with Crippen LogP contribution in [0.5, 0.6) is 0 Å². The summed E-state index contributed by atoms with van der Waals surface area (Å²) >= 11 is 0. The number of hydrogen-bond acceptors (Lipinski definition) is 2. The highest BCUT2D eigenvalue weighted by atomic mass is 19.1. The fourth-order valence-corrected chi connectivity index (χ4v) is 2.25. The summed E-state index contributed by atoms with van der Waals surface area (Å²) < 4.78 is 27.1. The molecule has 2 aromatic carbocycles. The third-order valence-corrected chi connectivity index (χ3v) is 3.54. The molecule has 0 fully saturated rings. The van der Waals surface area contributed by atoms with Gasteiger partial charge in [-0.05, 0) is 36.1 Å². The lowest BCUT2D eigenvalue weighted by Crippen LogP contribution is -2.10. The van der Waals surface area contributed by atoms with Crippen LogP contribution in [0.2, 0.25) is 0 Å². The molecule has 0 saturated heterocycles. The first kappa shape index (κ1) is 15.2. The van der Waals surface area contributed by atoms with Gasteiger partial charge in [-0.25, -0.2) is 8.78 Å². The van der Waals surface area contributed by atoms with E-state index in [-0.39, 0.29) is 11.3 Å². The zero-order chi connectivity index (χ0) is 15.6. The molecule has 0 heterocycles. The summed E-state index contributed by atoms with van der Waals surface area (Å²) in [5, 5.41) is 0. The average Bonchev–Trinajstić information content (AvgIpc) is 2.49. The number of aryl methyl sites for hydroxylation is 2. The molecule has 0 spiro atoms. The summed E-state index contributed by atoms with van der Waals surface area (Å²) in [5.74, 6) is -2.22. The molecule has 110 valence electrons. The highest BCUT2D eigenvalue weighted by molar-refractivity contribution is 6.10. The number of halogens is 2. The fraction of sp³-hybridized carbons (Fsp3) is 0.235. The van der Waals surface area contributed by atoms with E-state index in [1.807, 2.05) is 26.0 Å². The van der Waals surface area contributed by atoms with Crippen molar-refractivity contribution >= 4 is 11.5 Å². The smallest absolute Gasteiger partial charge is 0.196 e. The van der Waals surface area contributed by atoms with Gasteiger partial charge in [0.2, 0.25) is 0 Å². The fourth-order valence-electron chi connectivity index (χ4n) is 2.25. The minimum atomic E-state index is -0.893. The molecule has 2 nitrogen and oxygen atoms in total. The molecule has 0 bridgehead atoms. The van der Waals surface area contributed by atoms with Crippen LogP contribution in [0.15, 0.2) is 30.3 Å². The molecule has 0 atom stereocenters. The number of nitrogen functional groups attached to an aromatic ring is 1. The van der Waals surface area contributed by atoms with Crippen molar-refractivity contribution < 1.29 is 13.6 Å². The number of hydrogen-bond donors (Lipinski definition) is 1. The Labute approximate surface area is 122 Å². The van der Waals surface area contributed by atoms with E-state index in [1.54, 1.807) is 6.07 Å². The van der Waals surface area contributed by atoms with E-state index in [2.05, 4.69) is 0 Å². The number of carbonyl (C=O) groups excluding carboxylic acids is 1. The Morgan fingerprint density at radius 1 is 1.00 bits per heavy atom. The van der Waals surface area contributed by atoms with Crippen molar-refractivity contribution in [3.63, 3.8) is 0 Å². The van der Waals surface area contributed by atoms with E-state index in [0.29, 0.717) is 18.1 Å². The summed E-state index contributed by atoms with van der Waals surface area (Å²) in [6.07, 6.45) is 1.43. The average molecular weight is 289 g/mol. The Balaban J connectivity index is 2.56. The van der Waals surface area contributed by atoms with E-state index < -0.39 is 17.4 Å². The molecule has 2 N–H and O–H groups in total. The first-order chi connectivity index (χ1) is 9.97. The number of carbonyl (C=O) groups is 1. The van der Waals surface area contributed by atoms with Crippen molar-refractivity contribution in [2.75, 3.05) is 5.73 Å². The Morgan fingerprint density at radius 2 is 1.71 bits per heavy atom. The van der Waals surface area contributed by atoms with Gasteiger partial charge in [-0.15, -0.1) is 0 Å². The monoisotopic (exact) mass is 289 g/mol. The van der Waals surface area contributed by atoms with Crippen LogP contribution in [0, 0.1) is 11.6 Å². The first-order valence-corrected chi connectivity index (χ1v) is 6.88. The Kier molecular flexibility index (Phi) is 4.36. The molecule has 0 aliphatic carbocycles. The molecule has 0 aliphatic heterocycles. The predicted octanol–water partition coefficient (Wildman–Crippen LogP) is 3.90. The molecule has 0 aliphatic rings. The van der Waals surface area contributed by atoms with Crippen LogP contribution in [0.25, 0.3) is 0 Å².